The Morgan fingerprint density at radius 3 is 2.59 bits per heavy atom. The molecule has 1 aliphatic heterocycles. The molecular weight excluding hydrogens is 244 g/mol. The Morgan fingerprint density at radius 2 is 2.06 bits per heavy atom. The van der Waals surface area contributed by atoms with Crippen LogP contribution in [0.2, 0.25) is 0 Å². The predicted molar refractivity (Wildman–Crippen MR) is 65.5 cm³/mol. The van der Waals surface area contributed by atoms with E-state index in [0.717, 1.165) is 32.4 Å². The third-order valence-corrected chi connectivity index (χ3v) is 3.19. The molecule has 6 nitrogen and oxygen atoms in total. The van der Waals surface area contributed by atoms with Gasteiger partial charge in [-0.3, -0.25) is 4.90 Å². The van der Waals surface area contributed by atoms with Gasteiger partial charge in [0.2, 0.25) is 0 Å². The largest absolute Gasteiger partial charge is 0.459 e. The van der Waals surface area contributed by atoms with Crippen molar-refractivity contribution in [2.75, 3.05) is 26.3 Å². The fourth-order valence-electron chi connectivity index (χ4n) is 1.75. The topological polar surface area (TPSA) is 82.4 Å². The average molecular weight is 262 g/mol. The number of likely N-dealkylation sites (tertiary alicyclic amines) is 1. The van der Waals surface area contributed by atoms with E-state index in [1.165, 1.54) is 0 Å². The predicted octanol–water partition coefficient (Wildman–Crippen LogP) is 0.0939. The molecule has 17 heavy (non-hydrogen) atoms. The van der Waals surface area contributed by atoms with E-state index in [4.69, 9.17) is 15.1 Å². The standard InChI is InChI=1S/C10H18N2O4S/c13-6-7-16-10(14)8(11-15)9(17)12-4-2-1-3-5-12/h9,13,15,17H,1-7H2. The number of hydrogen-bond acceptors (Lipinski definition) is 7. The van der Waals surface area contributed by atoms with Crippen molar-refractivity contribution in [2.24, 2.45) is 5.16 Å². The normalized spacial score (nSPS) is 20.0. The summed E-state index contributed by atoms with van der Waals surface area (Å²) in [6, 6.07) is 0. The molecule has 0 aromatic rings. The summed E-state index contributed by atoms with van der Waals surface area (Å²) in [5.74, 6) is -0.743. The zero-order valence-electron chi connectivity index (χ0n) is 9.58. The van der Waals surface area contributed by atoms with Gasteiger partial charge in [-0.15, -0.1) is 0 Å². The monoisotopic (exact) mass is 262 g/mol. The van der Waals surface area contributed by atoms with Gasteiger partial charge in [-0.25, -0.2) is 4.79 Å². The number of rotatable bonds is 5. The molecule has 7 heteroatoms. The summed E-state index contributed by atoms with van der Waals surface area (Å²) in [6.07, 6.45) is 3.25. The molecule has 1 atom stereocenters. The first-order valence-corrected chi connectivity index (χ1v) is 6.14. The van der Waals surface area contributed by atoms with Crippen molar-refractivity contribution in [3.8, 4) is 0 Å². The van der Waals surface area contributed by atoms with Gasteiger partial charge in [0.1, 0.15) is 12.0 Å². The van der Waals surface area contributed by atoms with Crippen LogP contribution in [-0.4, -0.2) is 58.6 Å². The molecule has 0 aromatic heterocycles. The van der Waals surface area contributed by atoms with E-state index in [1.807, 2.05) is 4.90 Å². The van der Waals surface area contributed by atoms with Gasteiger partial charge in [0, 0.05) is 0 Å². The summed E-state index contributed by atoms with van der Waals surface area (Å²) in [5.41, 5.74) is -0.135. The zero-order valence-corrected chi connectivity index (χ0v) is 10.5. The van der Waals surface area contributed by atoms with Crippen molar-refractivity contribution in [2.45, 2.75) is 24.6 Å². The molecule has 1 heterocycles. The molecule has 0 spiro atoms. The third kappa shape index (κ3) is 4.18. The summed E-state index contributed by atoms with van der Waals surface area (Å²) in [6.45, 7) is 1.27. The van der Waals surface area contributed by atoms with E-state index in [9.17, 15) is 4.79 Å². The highest BCUT2D eigenvalue weighted by atomic mass is 32.1. The van der Waals surface area contributed by atoms with Crippen LogP contribution in [0, 0.1) is 0 Å². The number of esters is 1. The molecule has 0 saturated carbocycles. The SMILES string of the molecule is O=C(OCCO)C(=NO)C(S)N1CCCCC1. The number of thiol groups is 1. The number of piperidine rings is 1. The number of nitrogens with zero attached hydrogens (tertiary/aromatic N) is 2. The summed E-state index contributed by atoms with van der Waals surface area (Å²) in [4.78, 5) is 13.5. The first-order chi connectivity index (χ1) is 8.20. The average Bonchev–Trinajstić information content (AvgIpc) is 2.38. The Bertz CT molecular complexity index is 279. The summed E-state index contributed by atoms with van der Waals surface area (Å²) >= 11 is 4.28. The summed E-state index contributed by atoms with van der Waals surface area (Å²) in [7, 11) is 0. The first-order valence-electron chi connectivity index (χ1n) is 5.62. The van der Waals surface area contributed by atoms with Crippen molar-refractivity contribution < 1.29 is 19.8 Å². The van der Waals surface area contributed by atoms with Crippen molar-refractivity contribution >= 4 is 24.3 Å². The Labute approximate surface area is 106 Å². The van der Waals surface area contributed by atoms with E-state index in [0.29, 0.717) is 0 Å². The van der Waals surface area contributed by atoms with Crippen molar-refractivity contribution in [1.29, 1.82) is 0 Å². The Morgan fingerprint density at radius 1 is 1.41 bits per heavy atom. The van der Waals surface area contributed by atoms with Gasteiger partial charge in [0.25, 0.3) is 0 Å². The van der Waals surface area contributed by atoms with Crippen LogP contribution in [0.3, 0.4) is 0 Å². The van der Waals surface area contributed by atoms with Gasteiger partial charge in [-0.1, -0.05) is 11.6 Å². The smallest absolute Gasteiger partial charge is 0.358 e. The minimum absolute atomic E-state index is 0.113. The molecule has 1 aliphatic rings. The number of hydrogen-bond donors (Lipinski definition) is 3. The molecule has 0 aromatic carbocycles. The van der Waals surface area contributed by atoms with Crippen LogP contribution in [-0.2, 0) is 9.53 Å². The lowest BCUT2D eigenvalue weighted by atomic mass is 10.1. The van der Waals surface area contributed by atoms with Crippen LogP contribution >= 0.6 is 12.6 Å². The molecule has 1 unspecified atom stereocenters. The van der Waals surface area contributed by atoms with Gasteiger partial charge in [0.05, 0.1) is 6.61 Å². The van der Waals surface area contributed by atoms with Crippen LogP contribution in [0.5, 0.6) is 0 Å². The fourth-order valence-corrected chi connectivity index (χ4v) is 2.13. The number of ether oxygens (including phenoxy) is 1. The van der Waals surface area contributed by atoms with E-state index < -0.39 is 11.3 Å². The van der Waals surface area contributed by atoms with E-state index in [1.54, 1.807) is 0 Å². The van der Waals surface area contributed by atoms with Crippen molar-refractivity contribution in [3.63, 3.8) is 0 Å². The number of oxime groups is 1. The lowest BCUT2D eigenvalue weighted by Crippen LogP contribution is -2.44. The molecule has 1 rings (SSSR count). The van der Waals surface area contributed by atoms with Crippen LogP contribution < -0.4 is 0 Å². The van der Waals surface area contributed by atoms with E-state index >= 15 is 0 Å². The highest BCUT2D eigenvalue weighted by Crippen LogP contribution is 2.16. The van der Waals surface area contributed by atoms with Crippen molar-refractivity contribution in [1.82, 2.24) is 4.90 Å². The molecule has 0 radical (unpaired) electrons. The Hall–Kier alpha value is -0.790. The zero-order chi connectivity index (χ0) is 12.7. The highest BCUT2D eigenvalue weighted by Gasteiger charge is 2.28. The van der Waals surface area contributed by atoms with Crippen molar-refractivity contribution in [3.05, 3.63) is 0 Å². The van der Waals surface area contributed by atoms with Gasteiger partial charge in [0.15, 0.2) is 5.71 Å². The fraction of sp³-hybridized carbons (Fsp3) is 0.800. The minimum atomic E-state index is -0.743. The third-order valence-electron chi connectivity index (χ3n) is 2.62. The summed E-state index contributed by atoms with van der Waals surface area (Å²) in [5, 5.41) is 19.8. The van der Waals surface area contributed by atoms with Crippen LogP contribution in [0.1, 0.15) is 19.3 Å². The highest BCUT2D eigenvalue weighted by molar-refractivity contribution is 7.81. The quantitative estimate of drug-likeness (QED) is 0.215. The van der Waals surface area contributed by atoms with Gasteiger partial charge in [-0.05, 0) is 25.9 Å². The second kappa shape index (κ2) is 7.52. The van der Waals surface area contributed by atoms with Gasteiger partial charge >= 0.3 is 5.97 Å². The Kier molecular flexibility index (Phi) is 6.31. The molecule has 0 bridgehead atoms. The molecule has 1 saturated heterocycles. The van der Waals surface area contributed by atoms with E-state index in [2.05, 4.69) is 17.8 Å². The molecule has 0 aliphatic carbocycles. The molecule has 2 N–H and O–H groups in total. The Balaban J connectivity index is 2.56. The first kappa shape index (κ1) is 14.3. The number of aliphatic hydroxyl groups excluding tert-OH is 1. The molecule has 0 amide bonds. The number of carbonyl (C=O) groups excluding carboxylic acids is 1. The lowest BCUT2D eigenvalue weighted by molar-refractivity contribution is -0.136. The van der Waals surface area contributed by atoms with Crippen LogP contribution in [0.15, 0.2) is 5.16 Å². The molecule has 1 fully saturated rings. The second-order valence-corrected chi connectivity index (χ2v) is 4.30. The van der Waals surface area contributed by atoms with Crippen LogP contribution in [0.25, 0.3) is 0 Å². The second-order valence-electron chi connectivity index (χ2n) is 3.82. The lowest BCUT2D eigenvalue weighted by Gasteiger charge is -2.31. The van der Waals surface area contributed by atoms with Gasteiger partial charge in [-0.2, -0.15) is 12.6 Å². The number of carbonyl (C=O) groups is 1. The van der Waals surface area contributed by atoms with Crippen LogP contribution in [0.4, 0.5) is 0 Å². The maximum atomic E-state index is 11.5. The number of aliphatic hydroxyl groups is 1. The maximum Gasteiger partial charge on any atom is 0.358 e. The minimum Gasteiger partial charge on any atom is -0.459 e. The van der Waals surface area contributed by atoms with Gasteiger partial charge < -0.3 is 15.1 Å². The maximum absolute atomic E-state index is 11.5. The summed E-state index contributed by atoms with van der Waals surface area (Å²) < 4.78 is 4.70. The molecular formula is C10H18N2O4S. The molecule has 98 valence electrons. The van der Waals surface area contributed by atoms with E-state index in [-0.39, 0.29) is 18.9 Å².